The Hall–Kier alpha value is -2.36. The maximum absolute atomic E-state index is 4.18. The summed E-state index contributed by atoms with van der Waals surface area (Å²) in [5.74, 6) is 0. The van der Waals surface area contributed by atoms with Crippen LogP contribution in [0, 0.1) is 0 Å². The maximum atomic E-state index is 4.18. The topological polar surface area (TPSA) is 46.5 Å². The van der Waals surface area contributed by atoms with Gasteiger partial charge in [-0.05, 0) is 23.8 Å². The van der Waals surface area contributed by atoms with Gasteiger partial charge in [0.15, 0.2) is 0 Å². The molecule has 0 aliphatic heterocycles. The Morgan fingerprint density at radius 1 is 1.06 bits per heavy atom. The minimum atomic E-state index is 1.05. The highest BCUT2D eigenvalue weighted by molar-refractivity contribution is 5.62. The van der Waals surface area contributed by atoms with Crippen LogP contribution in [0.15, 0.2) is 55.1 Å². The number of rotatable bonds is 2. The molecular weight excluding hydrogens is 200 g/mol. The lowest BCUT2D eigenvalue weighted by atomic mass is 10.1. The Morgan fingerprint density at radius 2 is 1.94 bits per heavy atom. The van der Waals surface area contributed by atoms with Crippen LogP contribution < -0.4 is 0 Å². The standard InChI is InChI=1S/C12H10N4/c1-6-15-16(7-1)12-4-2-10(3-5-12)11-8-13-14-9-11/h1-9H,(H,13,14). The number of nitrogens with one attached hydrogen (secondary N) is 1. The average molecular weight is 210 g/mol. The minimum absolute atomic E-state index is 1.05. The molecule has 4 heteroatoms. The molecule has 1 aromatic carbocycles. The van der Waals surface area contributed by atoms with Gasteiger partial charge in [0.25, 0.3) is 0 Å². The molecule has 1 N–H and O–H groups in total. The third-order valence-corrected chi connectivity index (χ3v) is 2.47. The van der Waals surface area contributed by atoms with Crippen molar-refractivity contribution in [2.75, 3.05) is 0 Å². The van der Waals surface area contributed by atoms with E-state index in [0.717, 1.165) is 16.8 Å². The van der Waals surface area contributed by atoms with Crippen molar-refractivity contribution in [2.24, 2.45) is 0 Å². The van der Waals surface area contributed by atoms with Crippen molar-refractivity contribution in [1.82, 2.24) is 20.0 Å². The van der Waals surface area contributed by atoms with E-state index in [1.165, 1.54) is 0 Å². The van der Waals surface area contributed by atoms with Gasteiger partial charge in [0, 0.05) is 24.2 Å². The SMILES string of the molecule is c1cnn(-c2ccc(-c3cn[nH]c3)cc2)c1. The molecule has 0 bridgehead atoms. The molecule has 0 aliphatic rings. The molecule has 0 unspecified atom stereocenters. The number of nitrogens with zero attached hydrogens (tertiary/aromatic N) is 3. The van der Waals surface area contributed by atoms with E-state index < -0.39 is 0 Å². The number of hydrogen-bond acceptors (Lipinski definition) is 2. The van der Waals surface area contributed by atoms with Gasteiger partial charge in [0.1, 0.15) is 0 Å². The summed E-state index contributed by atoms with van der Waals surface area (Å²) in [5.41, 5.74) is 3.29. The van der Waals surface area contributed by atoms with E-state index in [-0.39, 0.29) is 0 Å². The Morgan fingerprint density at radius 3 is 2.56 bits per heavy atom. The van der Waals surface area contributed by atoms with Crippen molar-refractivity contribution in [3.8, 4) is 16.8 Å². The number of aromatic nitrogens is 4. The molecule has 2 aromatic heterocycles. The van der Waals surface area contributed by atoms with Crippen LogP contribution in [0.25, 0.3) is 16.8 Å². The first-order valence-electron chi connectivity index (χ1n) is 5.03. The van der Waals surface area contributed by atoms with Crippen molar-refractivity contribution in [3.05, 3.63) is 55.1 Å². The Labute approximate surface area is 92.6 Å². The predicted octanol–water partition coefficient (Wildman–Crippen LogP) is 2.26. The average Bonchev–Trinajstić information content (AvgIpc) is 3.03. The van der Waals surface area contributed by atoms with E-state index in [1.54, 1.807) is 6.20 Å². The largest absolute Gasteiger partial charge is 0.285 e. The smallest absolute Gasteiger partial charge is 0.0645 e. The second-order valence-corrected chi connectivity index (χ2v) is 3.48. The summed E-state index contributed by atoms with van der Waals surface area (Å²) in [6.45, 7) is 0. The lowest BCUT2D eigenvalue weighted by molar-refractivity contribution is 0.881. The van der Waals surface area contributed by atoms with Gasteiger partial charge in [-0.25, -0.2) is 4.68 Å². The predicted molar refractivity (Wildman–Crippen MR) is 61.1 cm³/mol. The van der Waals surface area contributed by atoms with E-state index in [4.69, 9.17) is 0 Å². The van der Waals surface area contributed by atoms with Crippen LogP contribution in [0.5, 0.6) is 0 Å². The van der Waals surface area contributed by atoms with Crippen LogP contribution in [-0.2, 0) is 0 Å². The van der Waals surface area contributed by atoms with Gasteiger partial charge in [-0.15, -0.1) is 0 Å². The highest BCUT2D eigenvalue weighted by Gasteiger charge is 1.99. The summed E-state index contributed by atoms with van der Waals surface area (Å²) in [7, 11) is 0. The monoisotopic (exact) mass is 210 g/mol. The van der Waals surface area contributed by atoms with E-state index in [0.29, 0.717) is 0 Å². The molecule has 2 heterocycles. The Bertz CT molecular complexity index is 496. The van der Waals surface area contributed by atoms with Gasteiger partial charge in [-0.1, -0.05) is 12.1 Å². The number of benzene rings is 1. The Kier molecular flexibility index (Phi) is 2.04. The van der Waals surface area contributed by atoms with Crippen molar-refractivity contribution in [2.45, 2.75) is 0 Å². The van der Waals surface area contributed by atoms with Crippen molar-refractivity contribution >= 4 is 0 Å². The zero-order valence-corrected chi connectivity index (χ0v) is 8.54. The van der Waals surface area contributed by atoms with Gasteiger partial charge >= 0.3 is 0 Å². The van der Waals surface area contributed by atoms with E-state index in [1.807, 2.05) is 41.5 Å². The number of aromatic amines is 1. The van der Waals surface area contributed by atoms with Crippen LogP contribution >= 0.6 is 0 Å². The van der Waals surface area contributed by atoms with Crippen molar-refractivity contribution < 1.29 is 0 Å². The van der Waals surface area contributed by atoms with Crippen molar-refractivity contribution in [1.29, 1.82) is 0 Å². The van der Waals surface area contributed by atoms with E-state index in [9.17, 15) is 0 Å². The fourth-order valence-electron chi connectivity index (χ4n) is 1.64. The molecule has 3 rings (SSSR count). The van der Waals surface area contributed by atoms with E-state index >= 15 is 0 Å². The van der Waals surface area contributed by atoms with Crippen LogP contribution in [0.4, 0.5) is 0 Å². The van der Waals surface area contributed by atoms with Gasteiger partial charge in [0.05, 0.1) is 11.9 Å². The molecule has 16 heavy (non-hydrogen) atoms. The summed E-state index contributed by atoms with van der Waals surface area (Å²) < 4.78 is 1.83. The van der Waals surface area contributed by atoms with E-state index in [2.05, 4.69) is 27.4 Å². The van der Waals surface area contributed by atoms with Gasteiger partial charge < -0.3 is 0 Å². The second-order valence-electron chi connectivity index (χ2n) is 3.48. The first kappa shape index (κ1) is 8.91. The molecule has 0 saturated carbocycles. The van der Waals surface area contributed by atoms with Crippen LogP contribution in [0.1, 0.15) is 0 Å². The zero-order chi connectivity index (χ0) is 10.8. The fraction of sp³-hybridized carbons (Fsp3) is 0. The normalized spacial score (nSPS) is 10.5. The molecule has 0 spiro atoms. The quantitative estimate of drug-likeness (QED) is 0.705. The summed E-state index contributed by atoms with van der Waals surface area (Å²) in [6.07, 6.45) is 7.38. The first-order chi connectivity index (χ1) is 7.93. The van der Waals surface area contributed by atoms with Crippen molar-refractivity contribution in [3.63, 3.8) is 0 Å². The highest BCUT2D eigenvalue weighted by Crippen LogP contribution is 2.19. The molecule has 0 aliphatic carbocycles. The second kappa shape index (κ2) is 3.66. The summed E-state index contributed by atoms with van der Waals surface area (Å²) in [5, 5.41) is 10.9. The molecule has 0 fully saturated rings. The summed E-state index contributed by atoms with van der Waals surface area (Å²) >= 11 is 0. The lowest BCUT2D eigenvalue weighted by Crippen LogP contribution is -1.93. The molecule has 0 radical (unpaired) electrons. The minimum Gasteiger partial charge on any atom is -0.285 e. The zero-order valence-electron chi connectivity index (χ0n) is 8.54. The van der Waals surface area contributed by atoms with Crippen LogP contribution in [-0.4, -0.2) is 20.0 Å². The molecule has 0 saturated heterocycles. The fourth-order valence-corrected chi connectivity index (χ4v) is 1.64. The number of hydrogen-bond donors (Lipinski definition) is 1. The summed E-state index contributed by atoms with van der Waals surface area (Å²) in [4.78, 5) is 0. The molecule has 78 valence electrons. The highest BCUT2D eigenvalue weighted by atomic mass is 15.3. The molecular formula is C12H10N4. The molecule has 4 nitrogen and oxygen atoms in total. The third-order valence-electron chi connectivity index (χ3n) is 2.47. The number of H-pyrrole nitrogens is 1. The lowest BCUT2D eigenvalue weighted by Gasteiger charge is -2.02. The summed E-state index contributed by atoms with van der Waals surface area (Å²) in [6, 6.07) is 10.1. The molecule has 0 amide bonds. The Balaban J connectivity index is 1.97. The first-order valence-corrected chi connectivity index (χ1v) is 5.03. The third kappa shape index (κ3) is 1.50. The molecule has 3 aromatic rings. The van der Waals surface area contributed by atoms with Gasteiger partial charge in [-0.3, -0.25) is 5.10 Å². The van der Waals surface area contributed by atoms with Gasteiger partial charge in [-0.2, -0.15) is 10.2 Å². The van der Waals surface area contributed by atoms with Gasteiger partial charge in [0.2, 0.25) is 0 Å². The van der Waals surface area contributed by atoms with Crippen LogP contribution in [0.3, 0.4) is 0 Å². The molecule has 0 atom stereocenters. The maximum Gasteiger partial charge on any atom is 0.0645 e. The van der Waals surface area contributed by atoms with Crippen LogP contribution in [0.2, 0.25) is 0 Å².